The summed E-state index contributed by atoms with van der Waals surface area (Å²) < 4.78 is 13.8. The molecule has 9 nitrogen and oxygen atoms in total. The summed E-state index contributed by atoms with van der Waals surface area (Å²) in [5.41, 5.74) is 2.74. The maximum absolute atomic E-state index is 12.9. The van der Waals surface area contributed by atoms with Gasteiger partial charge >= 0.3 is 5.69 Å². The van der Waals surface area contributed by atoms with E-state index in [-0.39, 0.29) is 24.2 Å². The first kappa shape index (κ1) is 20.7. The molecule has 1 saturated heterocycles. The molecule has 0 aliphatic carbocycles. The van der Waals surface area contributed by atoms with E-state index >= 15 is 0 Å². The minimum Gasteiger partial charge on any atom is -0.492 e. The summed E-state index contributed by atoms with van der Waals surface area (Å²) in [5, 5.41) is 4.37. The van der Waals surface area contributed by atoms with E-state index in [2.05, 4.69) is 5.10 Å². The van der Waals surface area contributed by atoms with Crippen LogP contribution >= 0.6 is 0 Å². The SMILES string of the molecule is COCn1nc2cc(C3CCCOc4cc(C(=O)N5CCCCC5)cnc43)ccn2c1=O. The molecule has 9 heteroatoms. The molecule has 0 N–H and O–H groups in total. The van der Waals surface area contributed by atoms with Crippen molar-refractivity contribution < 1.29 is 14.3 Å². The summed E-state index contributed by atoms with van der Waals surface area (Å²) in [6.45, 7) is 2.28. The van der Waals surface area contributed by atoms with Gasteiger partial charge in [0.25, 0.3) is 5.91 Å². The van der Waals surface area contributed by atoms with Crippen LogP contribution in [0, 0.1) is 0 Å². The Balaban J connectivity index is 1.48. The smallest absolute Gasteiger partial charge is 0.352 e. The van der Waals surface area contributed by atoms with Gasteiger partial charge in [0, 0.05) is 38.5 Å². The molecule has 0 saturated carbocycles. The van der Waals surface area contributed by atoms with Crippen LogP contribution in [0.3, 0.4) is 0 Å². The average Bonchev–Trinajstić information content (AvgIpc) is 3.00. The third kappa shape index (κ3) is 3.77. The van der Waals surface area contributed by atoms with E-state index in [9.17, 15) is 9.59 Å². The van der Waals surface area contributed by atoms with Crippen LogP contribution in [-0.4, -0.2) is 56.8 Å². The van der Waals surface area contributed by atoms with E-state index < -0.39 is 0 Å². The van der Waals surface area contributed by atoms with Gasteiger partial charge in [-0.1, -0.05) is 0 Å². The quantitative estimate of drug-likeness (QED) is 0.623. The number of hydrogen-bond donors (Lipinski definition) is 0. The number of piperidine rings is 1. The van der Waals surface area contributed by atoms with Gasteiger partial charge < -0.3 is 14.4 Å². The highest BCUT2D eigenvalue weighted by Crippen LogP contribution is 2.37. The van der Waals surface area contributed by atoms with Crippen LogP contribution in [0.2, 0.25) is 0 Å². The molecule has 0 aromatic carbocycles. The molecule has 3 aromatic heterocycles. The minimum atomic E-state index is -0.239. The lowest BCUT2D eigenvalue weighted by Gasteiger charge is -2.27. The first-order chi connectivity index (χ1) is 15.7. The molecule has 168 valence electrons. The number of nitrogens with zero attached hydrogens (tertiary/aromatic N) is 5. The number of carbonyl (C=O) groups is 1. The number of aromatic nitrogens is 4. The standard InChI is InChI=1S/C23H27N5O4/c1-31-15-28-23(30)27-10-7-16(13-20(27)25-28)18-6-5-11-32-19-12-17(14-24-21(18)19)22(29)26-8-3-2-4-9-26/h7,10,12-14,18H,2-6,8-9,11,15H2,1H3. The third-order valence-electron chi connectivity index (χ3n) is 6.26. The molecule has 1 unspecified atom stereocenters. The van der Waals surface area contributed by atoms with Crippen LogP contribution in [-0.2, 0) is 11.5 Å². The zero-order valence-corrected chi connectivity index (χ0v) is 18.2. The fourth-order valence-electron chi connectivity index (χ4n) is 4.62. The van der Waals surface area contributed by atoms with Crippen molar-refractivity contribution in [1.29, 1.82) is 0 Å². The molecular weight excluding hydrogens is 410 g/mol. The maximum Gasteiger partial charge on any atom is 0.352 e. The Morgan fingerprint density at radius 1 is 1.22 bits per heavy atom. The van der Waals surface area contributed by atoms with Gasteiger partial charge in [0.1, 0.15) is 12.5 Å². The maximum atomic E-state index is 12.9. The summed E-state index contributed by atoms with van der Waals surface area (Å²) in [4.78, 5) is 31.9. The van der Waals surface area contributed by atoms with Crippen molar-refractivity contribution in [1.82, 2.24) is 24.1 Å². The predicted molar refractivity (Wildman–Crippen MR) is 117 cm³/mol. The van der Waals surface area contributed by atoms with Crippen LogP contribution in [0.1, 0.15) is 59.6 Å². The second kappa shape index (κ2) is 8.74. The van der Waals surface area contributed by atoms with Gasteiger partial charge in [0.2, 0.25) is 0 Å². The topological polar surface area (TPSA) is 91.0 Å². The van der Waals surface area contributed by atoms with E-state index in [0.29, 0.717) is 23.6 Å². The van der Waals surface area contributed by atoms with Crippen molar-refractivity contribution >= 4 is 11.6 Å². The monoisotopic (exact) mass is 437 g/mol. The normalized spacial score (nSPS) is 18.8. The number of carbonyl (C=O) groups excluding carboxylic acids is 1. The Morgan fingerprint density at radius 2 is 2.06 bits per heavy atom. The van der Waals surface area contributed by atoms with Crippen molar-refractivity contribution in [3.8, 4) is 5.75 Å². The van der Waals surface area contributed by atoms with Crippen LogP contribution in [0.25, 0.3) is 5.65 Å². The number of hydrogen-bond acceptors (Lipinski definition) is 6. The number of ether oxygens (including phenoxy) is 2. The molecule has 2 aliphatic rings. The van der Waals surface area contributed by atoms with E-state index in [1.807, 2.05) is 23.1 Å². The molecule has 32 heavy (non-hydrogen) atoms. The molecular formula is C23H27N5O4. The predicted octanol–water partition coefficient (Wildman–Crippen LogP) is 2.43. The number of amides is 1. The number of likely N-dealkylation sites (tertiary alicyclic amines) is 1. The van der Waals surface area contributed by atoms with Crippen molar-refractivity contribution in [3.05, 3.63) is 57.9 Å². The van der Waals surface area contributed by atoms with Gasteiger partial charge in [-0.3, -0.25) is 14.2 Å². The van der Waals surface area contributed by atoms with E-state index in [1.54, 1.807) is 12.4 Å². The second-order valence-electron chi connectivity index (χ2n) is 8.39. The van der Waals surface area contributed by atoms with Crippen LogP contribution in [0.5, 0.6) is 5.75 Å². The summed E-state index contributed by atoms with van der Waals surface area (Å²) in [6.07, 6.45) is 8.42. The van der Waals surface area contributed by atoms with Gasteiger partial charge in [-0.05, 0) is 55.9 Å². The lowest BCUT2D eigenvalue weighted by molar-refractivity contribution is 0.0723. The van der Waals surface area contributed by atoms with Gasteiger partial charge in [0.05, 0.1) is 17.9 Å². The largest absolute Gasteiger partial charge is 0.492 e. The van der Waals surface area contributed by atoms with Crippen LogP contribution < -0.4 is 10.4 Å². The van der Waals surface area contributed by atoms with E-state index in [4.69, 9.17) is 14.5 Å². The molecule has 2 aliphatic heterocycles. The zero-order chi connectivity index (χ0) is 22.1. The Labute approximate surface area is 185 Å². The highest BCUT2D eigenvalue weighted by atomic mass is 16.5. The number of pyridine rings is 2. The molecule has 1 fully saturated rings. The highest BCUT2D eigenvalue weighted by Gasteiger charge is 2.26. The van der Waals surface area contributed by atoms with Gasteiger partial charge in [-0.15, -0.1) is 5.10 Å². The van der Waals surface area contributed by atoms with Crippen LogP contribution in [0.4, 0.5) is 0 Å². The van der Waals surface area contributed by atoms with E-state index in [0.717, 1.165) is 50.0 Å². The lowest BCUT2D eigenvalue weighted by atomic mass is 9.91. The minimum absolute atomic E-state index is 0.000633. The van der Waals surface area contributed by atoms with Gasteiger partial charge in [0.15, 0.2) is 5.65 Å². The van der Waals surface area contributed by atoms with Crippen molar-refractivity contribution in [3.63, 3.8) is 0 Å². The molecule has 0 spiro atoms. The number of methoxy groups -OCH3 is 1. The fraction of sp³-hybridized carbons (Fsp3) is 0.478. The highest BCUT2D eigenvalue weighted by molar-refractivity contribution is 5.94. The number of fused-ring (bicyclic) bond motifs is 2. The molecule has 0 bridgehead atoms. The first-order valence-electron chi connectivity index (χ1n) is 11.2. The van der Waals surface area contributed by atoms with Crippen molar-refractivity contribution in [2.24, 2.45) is 0 Å². The van der Waals surface area contributed by atoms with Crippen LogP contribution in [0.15, 0.2) is 35.4 Å². The zero-order valence-electron chi connectivity index (χ0n) is 18.2. The van der Waals surface area contributed by atoms with Gasteiger partial charge in [-0.2, -0.15) is 4.68 Å². The molecule has 1 atom stereocenters. The van der Waals surface area contributed by atoms with E-state index in [1.165, 1.54) is 22.6 Å². The van der Waals surface area contributed by atoms with Crippen molar-refractivity contribution in [2.45, 2.75) is 44.8 Å². The Bertz CT molecular complexity index is 1190. The molecule has 0 radical (unpaired) electrons. The molecule has 3 aromatic rings. The Kier molecular flexibility index (Phi) is 5.65. The first-order valence-corrected chi connectivity index (χ1v) is 11.2. The average molecular weight is 438 g/mol. The molecule has 5 heterocycles. The summed E-state index contributed by atoms with van der Waals surface area (Å²) in [7, 11) is 1.53. The van der Waals surface area contributed by atoms with Gasteiger partial charge in [-0.25, -0.2) is 4.79 Å². The summed E-state index contributed by atoms with van der Waals surface area (Å²) in [6, 6.07) is 5.69. The fourth-order valence-corrected chi connectivity index (χ4v) is 4.62. The Hall–Kier alpha value is -3.20. The Morgan fingerprint density at radius 3 is 2.88 bits per heavy atom. The third-order valence-corrected chi connectivity index (χ3v) is 6.26. The molecule has 5 rings (SSSR count). The summed E-state index contributed by atoms with van der Waals surface area (Å²) >= 11 is 0. The van der Waals surface area contributed by atoms with Crippen molar-refractivity contribution in [2.75, 3.05) is 26.8 Å². The summed E-state index contributed by atoms with van der Waals surface area (Å²) in [5.74, 6) is 0.686. The molecule has 1 amide bonds. The number of rotatable bonds is 4. The second-order valence-corrected chi connectivity index (χ2v) is 8.39. The lowest BCUT2D eigenvalue weighted by Crippen LogP contribution is -2.35.